The lowest BCUT2D eigenvalue weighted by Gasteiger charge is -2.17. The van der Waals surface area contributed by atoms with E-state index in [0.29, 0.717) is 29.2 Å². The molecule has 29 heavy (non-hydrogen) atoms. The standard InChI is InChI=1S/C23H27N3O3/c1-15(2)25-13-18(27)14-29-22-12-17-8-4-3-7-16(17)11-19(22)23(28)26-21-10-6-5-9-20(21)24/h3-12,15,18,25,27H,13-14,24H2,1-2H3,(H,26,28). The Morgan fingerprint density at radius 2 is 1.72 bits per heavy atom. The van der Waals surface area contributed by atoms with Crippen LogP contribution in [0.3, 0.4) is 0 Å². The van der Waals surface area contributed by atoms with Crippen LogP contribution < -0.4 is 21.1 Å². The molecule has 0 bridgehead atoms. The van der Waals surface area contributed by atoms with Gasteiger partial charge in [0.25, 0.3) is 5.91 Å². The summed E-state index contributed by atoms with van der Waals surface area (Å²) in [5.41, 5.74) is 7.36. The van der Waals surface area contributed by atoms with Gasteiger partial charge in [-0.2, -0.15) is 0 Å². The van der Waals surface area contributed by atoms with Gasteiger partial charge in [0.2, 0.25) is 0 Å². The molecule has 6 nitrogen and oxygen atoms in total. The molecule has 0 radical (unpaired) electrons. The molecular weight excluding hydrogens is 366 g/mol. The van der Waals surface area contributed by atoms with E-state index in [0.717, 1.165) is 10.8 Å². The van der Waals surface area contributed by atoms with Crippen LogP contribution in [0.2, 0.25) is 0 Å². The number of benzene rings is 3. The molecule has 0 aliphatic rings. The Hall–Kier alpha value is -3.09. The number of nitrogens with one attached hydrogen (secondary N) is 2. The van der Waals surface area contributed by atoms with Gasteiger partial charge in [0.15, 0.2) is 0 Å². The van der Waals surface area contributed by atoms with Crippen molar-refractivity contribution < 1.29 is 14.6 Å². The third-order valence-electron chi connectivity index (χ3n) is 4.49. The average molecular weight is 393 g/mol. The SMILES string of the molecule is CC(C)NCC(O)COc1cc2ccccc2cc1C(=O)Nc1ccccc1N. The van der Waals surface area contributed by atoms with Gasteiger partial charge in [-0.3, -0.25) is 4.79 Å². The summed E-state index contributed by atoms with van der Waals surface area (Å²) in [6.45, 7) is 4.50. The number of rotatable bonds is 8. The van der Waals surface area contributed by atoms with Crippen LogP contribution in [0, 0.1) is 0 Å². The number of ether oxygens (including phenoxy) is 1. The number of para-hydroxylation sites is 2. The summed E-state index contributed by atoms with van der Waals surface area (Å²) in [6.07, 6.45) is -0.690. The van der Waals surface area contributed by atoms with Crippen LogP contribution in [0.25, 0.3) is 10.8 Å². The Morgan fingerprint density at radius 3 is 2.41 bits per heavy atom. The number of hydrogen-bond donors (Lipinski definition) is 4. The maximum Gasteiger partial charge on any atom is 0.259 e. The predicted molar refractivity (Wildman–Crippen MR) is 117 cm³/mol. The molecular formula is C23H27N3O3. The Balaban J connectivity index is 1.85. The summed E-state index contributed by atoms with van der Waals surface area (Å²) >= 11 is 0. The van der Waals surface area contributed by atoms with Crippen molar-refractivity contribution in [3.63, 3.8) is 0 Å². The lowest BCUT2D eigenvalue weighted by Crippen LogP contribution is -2.35. The summed E-state index contributed by atoms with van der Waals surface area (Å²) in [7, 11) is 0. The second kappa shape index (κ2) is 9.41. The third-order valence-corrected chi connectivity index (χ3v) is 4.49. The molecule has 5 N–H and O–H groups in total. The number of fused-ring (bicyclic) bond motifs is 1. The van der Waals surface area contributed by atoms with E-state index in [4.69, 9.17) is 10.5 Å². The lowest BCUT2D eigenvalue weighted by molar-refractivity contribution is 0.0975. The number of carbonyl (C=O) groups is 1. The topological polar surface area (TPSA) is 96.6 Å². The van der Waals surface area contributed by atoms with Gasteiger partial charge in [-0.15, -0.1) is 0 Å². The van der Waals surface area contributed by atoms with E-state index in [1.165, 1.54) is 0 Å². The van der Waals surface area contributed by atoms with Crippen molar-refractivity contribution in [2.75, 3.05) is 24.2 Å². The van der Waals surface area contributed by atoms with E-state index in [-0.39, 0.29) is 18.6 Å². The molecule has 0 saturated heterocycles. The van der Waals surface area contributed by atoms with Gasteiger partial charge in [-0.25, -0.2) is 0 Å². The quantitative estimate of drug-likeness (QED) is 0.440. The molecule has 3 aromatic rings. The molecule has 0 aromatic heterocycles. The van der Waals surface area contributed by atoms with Crippen molar-refractivity contribution in [2.24, 2.45) is 0 Å². The first-order chi connectivity index (χ1) is 13.9. The number of anilines is 2. The van der Waals surface area contributed by atoms with Crippen LogP contribution in [-0.4, -0.2) is 36.3 Å². The molecule has 1 atom stereocenters. The maximum absolute atomic E-state index is 13.0. The molecule has 3 aromatic carbocycles. The number of nitrogen functional groups attached to an aromatic ring is 1. The summed E-state index contributed by atoms with van der Waals surface area (Å²) in [5.74, 6) is 0.0951. The zero-order valence-corrected chi connectivity index (χ0v) is 16.7. The van der Waals surface area contributed by atoms with Crippen molar-refractivity contribution >= 4 is 28.1 Å². The number of aliphatic hydroxyl groups excluding tert-OH is 1. The van der Waals surface area contributed by atoms with Gasteiger partial charge in [-0.1, -0.05) is 50.2 Å². The summed E-state index contributed by atoms with van der Waals surface area (Å²) in [5, 5.41) is 18.0. The van der Waals surface area contributed by atoms with Gasteiger partial charge in [0, 0.05) is 12.6 Å². The van der Waals surface area contributed by atoms with Crippen LogP contribution in [0.15, 0.2) is 60.7 Å². The van der Waals surface area contributed by atoms with Crippen molar-refractivity contribution in [2.45, 2.75) is 26.0 Å². The zero-order valence-electron chi connectivity index (χ0n) is 16.7. The molecule has 0 heterocycles. The zero-order chi connectivity index (χ0) is 20.8. The first kappa shape index (κ1) is 20.6. The van der Waals surface area contributed by atoms with Gasteiger partial charge in [0.05, 0.1) is 16.9 Å². The average Bonchev–Trinajstić information content (AvgIpc) is 2.71. The molecule has 0 aliphatic carbocycles. The molecule has 1 unspecified atom stereocenters. The number of aliphatic hydroxyl groups is 1. The molecule has 3 rings (SSSR count). The van der Waals surface area contributed by atoms with E-state index in [2.05, 4.69) is 10.6 Å². The fourth-order valence-electron chi connectivity index (χ4n) is 2.93. The number of carbonyl (C=O) groups excluding carboxylic acids is 1. The normalized spacial score (nSPS) is 12.1. The van der Waals surface area contributed by atoms with Crippen LogP contribution >= 0.6 is 0 Å². The van der Waals surface area contributed by atoms with E-state index < -0.39 is 6.10 Å². The Kier molecular flexibility index (Phi) is 6.69. The highest BCUT2D eigenvalue weighted by molar-refractivity contribution is 6.09. The summed E-state index contributed by atoms with van der Waals surface area (Å²) in [6, 6.07) is 18.7. The van der Waals surface area contributed by atoms with Crippen LogP contribution in [0.1, 0.15) is 24.2 Å². The Bertz CT molecular complexity index is 988. The number of amides is 1. The second-order valence-corrected chi connectivity index (χ2v) is 7.26. The van der Waals surface area contributed by atoms with Crippen molar-refractivity contribution in [3.8, 4) is 5.75 Å². The first-order valence-corrected chi connectivity index (χ1v) is 9.67. The van der Waals surface area contributed by atoms with E-state index >= 15 is 0 Å². The number of hydrogen-bond acceptors (Lipinski definition) is 5. The number of nitrogens with two attached hydrogens (primary N) is 1. The van der Waals surface area contributed by atoms with E-state index in [9.17, 15) is 9.90 Å². The Labute approximate surface area is 170 Å². The van der Waals surface area contributed by atoms with Crippen LogP contribution in [0.4, 0.5) is 11.4 Å². The van der Waals surface area contributed by atoms with E-state index in [1.54, 1.807) is 18.2 Å². The largest absolute Gasteiger partial charge is 0.490 e. The molecule has 0 aliphatic heterocycles. The van der Waals surface area contributed by atoms with Crippen molar-refractivity contribution in [3.05, 3.63) is 66.2 Å². The highest BCUT2D eigenvalue weighted by Gasteiger charge is 2.17. The minimum atomic E-state index is -0.690. The van der Waals surface area contributed by atoms with E-state index in [1.807, 2.05) is 56.3 Å². The third kappa shape index (κ3) is 5.47. The van der Waals surface area contributed by atoms with Crippen LogP contribution in [0.5, 0.6) is 5.75 Å². The van der Waals surface area contributed by atoms with Gasteiger partial charge in [0.1, 0.15) is 18.5 Å². The smallest absolute Gasteiger partial charge is 0.259 e. The van der Waals surface area contributed by atoms with Gasteiger partial charge >= 0.3 is 0 Å². The molecule has 152 valence electrons. The minimum Gasteiger partial charge on any atom is -0.490 e. The minimum absolute atomic E-state index is 0.0752. The van der Waals surface area contributed by atoms with Gasteiger partial charge in [-0.05, 0) is 35.0 Å². The van der Waals surface area contributed by atoms with Gasteiger partial charge < -0.3 is 26.2 Å². The lowest BCUT2D eigenvalue weighted by atomic mass is 10.0. The van der Waals surface area contributed by atoms with Crippen LogP contribution in [-0.2, 0) is 0 Å². The molecule has 0 spiro atoms. The summed E-state index contributed by atoms with van der Waals surface area (Å²) in [4.78, 5) is 13.0. The fourth-order valence-corrected chi connectivity index (χ4v) is 2.93. The molecule has 6 heteroatoms. The van der Waals surface area contributed by atoms with Crippen molar-refractivity contribution in [1.82, 2.24) is 5.32 Å². The summed E-state index contributed by atoms with van der Waals surface area (Å²) < 4.78 is 5.85. The predicted octanol–water partition coefficient (Wildman–Crippen LogP) is 3.41. The molecule has 0 saturated carbocycles. The fraction of sp³-hybridized carbons (Fsp3) is 0.261. The second-order valence-electron chi connectivity index (χ2n) is 7.26. The highest BCUT2D eigenvalue weighted by atomic mass is 16.5. The first-order valence-electron chi connectivity index (χ1n) is 9.67. The highest BCUT2D eigenvalue weighted by Crippen LogP contribution is 2.28. The monoisotopic (exact) mass is 393 g/mol. The van der Waals surface area contributed by atoms with Crippen molar-refractivity contribution in [1.29, 1.82) is 0 Å². The molecule has 0 fully saturated rings. The molecule has 1 amide bonds. The maximum atomic E-state index is 13.0. The Morgan fingerprint density at radius 1 is 1.07 bits per heavy atom.